The number of nitrogens with one attached hydrogen (secondary N) is 4. The third kappa shape index (κ3) is 9.20. The lowest BCUT2D eigenvalue weighted by Crippen LogP contribution is -2.68. The summed E-state index contributed by atoms with van der Waals surface area (Å²) >= 11 is 0. The molecule has 0 fully saturated rings. The molecule has 202 valence electrons. The summed E-state index contributed by atoms with van der Waals surface area (Å²) in [6.45, 7) is 9.53. The Bertz CT molecular complexity index is 1180. The van der Waals surface area contributed by atoms with Crippen LogP contribution in [0.25, 0.3) is 0 Å². The van der Waals surface area contributed by atoms with Crippen molar-refractivity contribution in [1.29, 1.82) is 0 Å². The number of carbonyl (C=O) groups excluding carboxylic acids is 3. The molecule has 9 nitrogen and oxygen atoms in total. The number of amides is 4. The molecule has 0 aliphatic carbocycles. The van der Waals surface area contributed by atoms with Crippen LogP contribution >= 0.6 is 0 Å². The maximum absolute atomic E-state index is 13.1. The Morgan fingerprint density at radius 1 is 0.946 bits per heavy atom. The maximum Gasteiger partial charge on any atom is 0.330 e. The highest BCUT2D eigenvalue weighted by Gasteiger charge is 2.37. The average Bonchev–Trinajstić information content (AvgIpc) is 2.82. The summed E-state index contributed by atoms with van der Waals surface area (Å²) in [6, 6.07) is 11.8. The van der Waals surface area contributed by atoms with Crippen LogP contribution in [-0.2, 0) is 21.2 Å². The number of sulfonamides is 1. The van der Waals surface area contributed by atoms with Crippen LogP contribution in [0.15, 0.2) is 53.4 Å². The van der Waals surface area contributed by atoms with Gasteiger partial charge in [0.25, 0.3) is 21.8 Å². The lowest BCUT2D eigenvalue weighted by Gasteiger charge is -2.30. The minimum absolute atomic E-state index is 0.108. The lowest BCUT2D eigenvalue weighted by molar-refractivity contribution is -0.127. The lowest BCUT2D eigenvalue weighted by atomic mass is 10.1. The van der Waals surface area contributed by atoms with E-state index in [4.69, 9.17) is 0 Å². The van der Waals surface area contributed by atoms with Gasteiger partial charge in [-0.15, -0.1) is 0 Å². The smallest absolute Gasteiger partial charge is 0.330 e. The molecule has 0 spiro atoms. The van der Waals surface area contributed by atoms with Crippen molar-refractivity contribution in [1.82, 2.24) is 20.7 Å². The SMILES string of the molecule is CCCCc1ccc(C(=O)N[C@@](C)(NC(=O)NS(=O)(=O)c2ccc(C)cc2)C(=O)NCCC(C)C)cc1. The highest BCUT2D eigenvalue weighted by molar-refractivity contribution is 7.90. The summed E-state index contributed by atoms with van der Waals surface area (Å²) in [5, 5.41) is 7.60. The van der Waals surface area contributed by atoms with Crippen LogP contribution in [-0.4, -0.2) is 38.5 Å². The number of aryl methyl sites for hydroxylation is 2. The van der Waals surface area contributed by atoms with E-state index in [1.54, 1.807) is 31.2 Å². The summed E-state index contributed by atoms with van der Waals surface area (Å²) in [6.07, 6.45) is 3.67. The summed E-state index contributed by atoms with van der Waals surface area (Å²) in [4.78, 5) is 38.7. The molecule has 0 unspecified atom stereocenters. The molecule has 10 heteroatoms. The first-order valence-corrected chi connectivity index (χ1v) is 14.0. The highest BCUT2D eigenvalue weighted by Crippen LogP contribution is 2.12. The zero-order chi connectivity index (χ0) is 27.6. The predicted molar refractivity (Wildman–Crippen MR) is 143 cm³/mol. The first-order chi connectivity index (χ1) is 17.4. The maximum atomic E-state index is 13.1. The molecule has 4 N–H and O–H groups in total. The fraction of sp³-hybridized carbons (Fsp3) is 0.444. The second-order valence-electron chi connectivity index (χ2n) is 9.69. The van der Waals surface area contributed by atoms with Crippen LogP contribution in [0.5, 0.6) is 0 Å². The Kier molecular flexibility index (Phi) is 10.7. The standard InChI is InChI=1S/C27H38N4O5S/c1-6-7-8-21-11-13-22(14-12-21)24(32)29-27(5,25(33)28-18-17-19(2)3)30-26(34)31-37(35,36)23-15-9-20(4)10-16-23/h9-16,19H,6-8,17-18H2,1-5H3,(H,28,33)(H,29,32)(H2,30,31,34)/t27-/m0/s1. The Hall–Kier alpha value is -3.40. The quantitative estimate of drug-likeness (QED) is 0.311. The molecule has 0 heterocycles. The van der Waals surface area contributed by atoms with Crippen molar-refractivity contribution < 1.29 is 22.8 Å². The van der Waals surface area contributed by atoms with E-state index in [2.05, 4.69) is 22.9 Å². The van der Waals surface area contributed by atoms with Gasteiger partial charge < -0.3 is 16.0 Å². The molecule has 1 atom stereocenters. The number of urea groups is 1. The topological polar surface area (TPSA) is 133 Å². The van der Waals surface area contributed by atoms with Crippen LogP contribution in [0.4, 0.5) is 4.79 Å². The molecule has 0 aromatic heterocycles. The van der Waals surface area contributed by atoms with Gasteiger partial charge in [-0.25, -0.2) is 17.9 Å². The number of hydrogen-bond acceptors (Lipinski definition) is 5. The molecule has 0 saturated carbocycles. The number of rotatable bonds is 12. The van der Waals surface area contributed by atoms with Gasteiger partial charge in [0.1, 0.15) is 0 Å². The summed E-state index contributed by atoms with van der Waals surface area (Å²) in [5.74, 6) is -0.947. The summed E-state index contributed by atoms with van der Waals surface area (Å²) < 4.78 is 27.2. The van der Waals surface area contributed by atoms with Crippen LogP contribution in [0.1, 0.15) is 68.4 Å². The van der Waals surface area contributed by atoms with Gasteiger partial charge in [-0.2, -0.15) is 0 Å². The predicted octanol–water partition coefficient (Wildman–Crippen LogP) is 3.63. The third-order valence-electron chi connectivity index (χ3n) is 5.78. The fourth-order valence-electron chi connectivity index (χ4n) is 3.45. The molecule has 37 heavy (non-hydrogen) atoms. The molecule has 0 radical (unpaired) electrons. The van der Waals surface area contributed by atoms with Gasteiger partial charge in [0.2, 0.25) is 0 Å². The first-order valence-electron chi connectivity index (χ1n) is 12.5. The van der Waals surface area contributed by atoms with E-state index in [0.717, 1.165) is 30.4 Å². The zero-order valence-electron chi connectivity index (χ0n) is 22.2. The number of hydrogen-bond donors (Lipinski definition) is 4. The number of benzene rings is 2. The van der Waals surface area contributed by atoms with Crippen molar-refractivity contribution in [2.75, 3.05) is 6.54 Å². The fourth-order valence-corrected chi connectivity index (χ4v) is 4.36. The molecular formula is C27H38N4O5S. The van der Waals surface area contributed by atoms with E-state index < -0.39 is 33.5 Å². The van der Waals surface area contributed by atoms with Crippen molar-refractivity contribution in [3.8, 4) is 0 Å². The third-order valence-corrected chi connectivity index (χ3v) is 7.13. The second kappa shape index (κ2) is 13.2. The van der Waals surface area contributed by atoms with Crippen molar-refractivity contribution >= 4 is 27.9 Å². The Morgan fingerprint density at radius 3 is 2.14 bits per heavy atom. The van der Waals surface area contributed by atoms with Crippen LogP contribution < -0.4 is 20.7 Å². The van der Waals surface area contributed by atoms with Crippen LogP contribution in [0.2, 0.25) is 0 Å². The Morgan fingerprint density at radius 2 is 1.57 bits per heavy atom. The average molecular weight is 531 g/mol. The van der Waals surface area contributed by atoms with Gasteiger partial charge in [0.15, 0.2) is 5.66 Å². The molecule has 0 aliphatic rings. The van der Waals surface area contributed by atoms with Gasteiger partial charge >= 0.3 is 6.03 Å². The van der Waals surface area contributed by atoms with E-state index >= 15 is 0 Å². The largest absolute Gasteiger partial charge is 0.352 e. The van der Waals surface area contributed by atoms with Crippen molar-refractivity contribution in [2.45, 2.75) is 70.9 Å². The minimum Gasteiger partial charge on any atom is -0.352 e. The molecule has 2 rings (SSSR count). The summed E-state index contributed by atoms with van der Waals surface area (Å²) in [7, 11) is -4.20. The van der Waals surface area contributed by atoms with E-state index in [9.17, 15) is 22.8 Å². The molecule has 4 amide bonds. The molecule has 2 aromatic carbocycles. The van der Waals surface area contributed by atoms with Crippen LogP contribution in [0.3, 0.4) is 0 Å². The van der Waals surface area contributed by atoms with Crippen LogP contribution in [0, 0.1) is 12.8 Å². The molecule has 0 aliphatic heterocycles. The number of carbonyl (C=O) groups is 3. The van der Waals surface area contributed by atoms with Gasteiger partial charge in [-0.05, 0) is 68.9 Å². The zero-order valence-corrected chi connectivity index (χ0v) is 23.0. The van der Waals surface area contributed by atoms with Crippen molar-refractivity contribution in [3.63, 3.8) is 0 Å². The van der Waals surface area contributed by atoms with Gasteiger partial charge in [-0.1, -0.05) is 57.0 Å². The van der Waals surface area contributed by atoms with Crippen molar-refractivity contribution in [2.24, 2.45) is 5.92 Å². The Balaban J connectivity index is 2.21. The van der Waals surface area contributed by atoms with E-state index in [0.29, 0.717) is 24.4 Å². The molecular weight excluding hydrogens is 492 g/mol. The monoisotopic (exact) mass is 530 g/mol. The molecule has 0 saturated heterocycles. The minimum atomic E-state index is -4.20. The summed E-state index contributed by atoms with van der Waals surface area (Å²) in [5.41, 5.74) is 0.319. The Labute approximate surface area is 219 Å². The van der Waals surface area contributed by atoms with Crippen molar-refractivity contribution in [3.05, 3.63) is 65.2 Å². The normalized spacial score (nSPS) is 12.9. The molecule has 2 aromatic rings. The van der Waals surface area contributed by atoms with Gasteiger partial charge in [-0.3, -0.25) is 9.59 Å². The van der Waals surface area contributed by atoms with E-state index in [1.165, 1.54) is 19.1 Å². The van der Waals surface area contributed by atoms with Gasteiger partial charge in [0.05, 0.1) is 4.90 Å². The van der Waals surface area contributed by atoms with E-state index in [-0.39, 0.29) is 4.90 Å². The van der Waals surface area contributed by atoms with E-state index in [1.807, 2.05) is 30.7 Å². The number of unbranched alkanes of at least 4 members (excludes halogenated alkanes) is 1. The highest BCUT2D eigenvalue weighted by atomic mass is 32.2. The second-order valence-corrected chi connectivity index (χ2v) is 11.4. The first kappa shape index (κ1) is 29.8. The van der Waals surface area contributed by atoms with Gasteiger partial charge in [0, 0.05) is 12.1 Å². The molecule has 0 bridgehead atoms.